The van der Waals surface area contributed by atoms with Crippen molar-refractivity contribution >= 4 is 16.9 Å². The predicted octanol–water partition coefficient (Wildman–Crippen LogP) is 3.30. The lowest BCUT2D eigenvalue weighted by molar-refractivity contribution is -0.137. The maximum atomic E-state index is 12.9. The molecule has 0 radical (unpaired) electrons. The van der Waals surface area contributed by atoms with Crippen LogP contribution in [0.1, 0.15) is 11.1 Å². The summed E-state index contributed by atoms with van der Waals surface area (Å²) in [5.74, 6) is -0.161. The topological polar surface area (TPSA) is 60.9 Å². The van der Waals surface area contributed by atoms with Gasteiger partial charge in [-0.15, -0.1) is 0 Å². The summed E-state index contributed by atoms with van der Waals surface area (Å²) >= 11 is 0. The van der Waals surface area contributed by atoms with Crippen molar-refractivity contribution in [2.24, 2.45) is 0 Å². The standard InChI is InChI=1S/C16H12F3N3O/c1-9-5-6-13-12(7-9)14(23)22(15(20)21-13)11-4-2-3-10(8-11)16(17,18)19/h2-8H,1H3,(H2,20,21). The van der Waals surface area contributed by atoms with Crippen molar-refractivity contribution in [1.29, 1.82) is 0 Å². The van der Waals surface area contributed by atoms with Crippen LogP contribution in [0.25, 0.3) is 16.6 Å². The number of alkyl halides is 3. The highest BCUT2D eigenvalue weighted by atomic mass is 19.4. The number of rotatable bonds is 1. The van der Waals surface area contributed by atoms with Crippen LogP contribution in [0.15, 0.2) is 47.3 Å². The molecule has 0 amide bonds. The summed E-state index contributed by atoms with van der Waals surface area (Å²) < 4.78 is 39.6. The van der Waals surface area contributed by atoms with E-state index in [1.165, 1.54) is 12.1 Å². The Morgan fingerprint density at radius 3 is 2.57 bits per heavy atom. The first kappa shape index (κ1) is 15.1. The van der Waals surface area contributed by atoms with Gasteiger partial charge in [-0.2, -0.15) is 13.2 Å². The third-order valence-corrected chi connectivity index (χ3v) is 3.48. The number of anilines is 1. The Hall–Kier alpha value is -2.83. The molecule has 2 aromatic carbocycles. The van der Waals surface area contributed by atoms with Gasteiger partial charge in [-0.25, -0.2) is 9.55 Å². The van der Waals surface area contributed by atoms with Crippen molar-refractivity contribution in [1.82, 2.24) is 9.55 Å². The molecule has 2 N–H and O–H groups in total. The second kappa shape index (κ2) is 5.12. The van der Waals surface area contributed by atoms with Crippen molar-refractivity contribution < 1.29 is 13.2 Å². The first-order chi connectivity index (χ1) is 10.8. The van der Waals surface area contributed by atoms with Crippen LogP contribution >= 0.6 is 0 Å². The van der Waals surface area contributed by atoms with Crippen molar-refractivity contribution in [3.05, 3.63) is 63.9 Å². The summed E-state index contributed by atoms with van der Waals surface area (Å²) in [7, 11) is 0. The largest absolute Gasteiger partial charge is 0.416 e. The minimum Gasteiger partial charge on any atom is -0.369 e. The van der Waals surface area contributed by atoms with E-state index in [1.54, 1.807) is 18.2 Å². The molecule has 3 rings (SSSR count). The Labute approximate surface area is 129 Å². The second-order valence-corrected chi connectivity index (χ2v) is 5.18. The number of benzene rings is 2. The van der Waals surface area contributed by atoms with Gasteiger partial charge in [-0.05, 0) is 37.3 Å². The molecule has 0 unspecified atom stereocenters. The summed E-state index contributed by atoms with van der Waals surface area (Å²) in [5, 5.41) is 0.302. The molecule has 0 bridgehead atoms. The molecule has 23 heavy (non-hydrogen) atoms. The Morgan fingerprint density at radius 2 is 1.87 bits per heavy atom. The number of hydrogen-bond acceptors (Lipinski definition) is 3. The molecule has 0 saturated carbocycles. The molecule has 1 aromatic heterocycles. The van der Waals surface area contributed by atoms with E-state index in [0.717, 1.165) is 22.3 Å². The van der Waals surface area contributed by atoms with E-state index in [2.05, 4.69) is 4.98 Å². The minimum atomic E-state index is -4.50. The molecule has 0 spiro atoms. The lowest BCUT2D eigenvalue weighted by Crippen LogP contribution is -2.23. The molecule has 0 fully saturated rings. The zero-order valence-corrected chi connectivity index (χ0v) is 12.1. The number of halogens is 3. The fraction of sp³-hybridized carbons (Fsp3) is 0.125. The smallest absolute Gasteiger partial charge is 0.369 e. The Bertz CT molecular complexity index is 961. The molecule has 1 heterocycles. The van der Waals surface area contributed by atoms with E-state index in [4.69, 9.17) is 5.73 Å². The Kier molecular flexibility index (Phi) is 3.35. The van der Waals surface area contributed by atoms with Gasteiger partial charge in [0.2, 0.25) is 5.95 Å². The monoisotopic (exact) mass is 319 g/mol. The molecular formula is C16H12F3N3O. The number of hydrogen-bond donors (Lipinski definition) is 1. The summed E-state index contributed by atoms with van der Waals surface area (Å²) in [6.45, 7) is 1.81. The number of aromatic nitrogens is 2. The van der Waals surface area contributed by atoms with Gasteiger partial charge in [-0.1, -0.05) is 17.7 Å². The van der Waals surface area contributed by atoms with Crippen LogP contribution in [0.4, 0.5) is 19.1 Å². The SMILES string of the molecule is Cc1ccc2nc(N)n(-c3cccc(C(F)(F)F)c3)c(=O)c2c1. The third-order valence-electron chi connectivity index (χ3n) is 3.48. The minimum absolute atomic E-state index is 0.0261. The van der Waals surface area contributed by atoms with Crippen LogP contribution in [0, 0.1) is 6.92 Å². The van der Waals surface area contributed by atoms with Gasteiger partial charge in [-0.3, -0.25) is 4.79 Å². The first-order valence-electron chi connectivity index (χ1n) is 6.74. The fourth-order valence-electron chi connectivity index (χ4n) is 2.39. The zero-order chi connectivity index (χ0) is 16.8. The van der Waals surface area contributed by atoms with E-state index < -0.39 is 17.3 Å². The molecule has 3 aromatic rings. The third kappa shape index (κ3) is 2.65. The number of nitrogen functional groups attached to an aromatic ring is 1. The fourth-order valence-corrected chi connectivity index (χ4v) is 2.39. The maximum Gasteiger partial charge on any atom is 0.416 e. The van der Waals surface area contributed by atoms with E-state index in [1.807, 2.05) is 6.92 Å². The molecule has 0 aliphatic rings. The second-order valence-electron chi connectivity index (χ2n) is 5.18. The highest BCUT2D eigenvalue weighted by Gasteiger charge is 2.30. The van der Waals surface area contributed by atoms with Crippen molar-refractivity contribution in [3.8, 4) is 5.69 Å². The summed E-state index contributed by atoms with van der Waals surface area (Å²) in [4.78, 5) is 16.7. The van der Waals surface area contributed by atoms with Gasteiger partial charge in [0.05, 0.1) is 22.2 Å². The Morgan fingerprint density at radius 1 is 1.13 bits per heavy atom. The van der Waals surface area contributed by atoms with Crippen LogP contribution in [0.3, 0.4) is 0 Å². The zero-order valence-electron chi connectivity index (χ0n) is 12.1. The van der Waals surface area contributed by atoms with Gasteiger partial charge in [0, 0.05) is 0 Å². The van der Waals surface area contributed by atoms with Crippen LogP contribution < -0.4 is 11.3 Å². The molecule has 0 saturated heterocycles. The van der Waals surface area contributed by atoms with Gasteiger partial charge in [0.15, 0.2) is 0 Å². The van der Waals surface area contributed by atoms with Gasteiger partial charge in [0.25, 0.3) is 5.56 Å². The first-order valence-corrected chi connectivity index (χ1v) is 6.74. The summed E-state index contributed by atoms with van der Waals surface area (Å²) in [5.41, 5.74) is 5.70. The van der Waals surface area contributed by atoms with Gasteiger partial charge >= 0.3 is 6.18 Å². The molecule has 0 aliphatic carbocycles. The summed E-state index contributed by atoms with van der Waals surface area (Å²) in [6.07, 6.45) is -4.50. The maximum absolute atomic E-state index is 12.9. The van der Waals surface area contributed by atoms with Crippen molar-refractivity contribution in [2.45, 2.75) is 13.1 Å². The highest BCUT2D eigenvalue weighted by Crippen LogP contribution is 2.30. The molecule has 7 heteroatoms. The number of nitrogens with zero attached hydrogens (tertiary/aromatic N) is 2. The Balaban J connectivity index is 2.30. The quantitative estimate of drug-likeness (QED) is 0.748. The van der Waals surface area contributed by atoms with E-state index in [-0.39, 0.29) is 11.6 Å². The van der Waals surface area contributed by atoms with Crippen LogP contribution in [-0.2, 0) is 6.18 Å². The van der Waals surface area contributed by atoms with Crippen LogP contribution in [-0.4, -0.2) is 9.55 Å². The van der Waals surface area contributed by atoms with E-state index in [0.29, 0.717) is 10.9 Å². The van der Waals surface area contributed by atoms with E-state index >= 15 is 0 Å². The number of nitrogens with two attached hydrogens (primary N) is 1. The van der Waals surface area contributed by atoms with Gasteiger partial charge in [0.1, 0.15) is 0 Å². The molecule has 0 aliphatic heterocycles. The average Bonchev–Trinajstić information content (AvgIpc) is 2.48. The lowest BCUT2D eigenvalue weighted by Gasteiger charge is -2.13. The molecule has 0 atom stereocenters. The molecule has 4 nitrogen and oxygen atoms in total. The van der Waals surface area contributed by atoms with Crippen molar-refractivity contribution in [3.63, 3.8) is 0 Å². The predicted molar refractivity (Wildman–Crippen MR) is 81.5 cm³/mol. The highest BCUT2D eigenvalue weighted by molar-refractivity contribution is 5.79. The van der Waals surface area contributed by atoms with Crippen molar-refractivity contribution in [2.75, 3.05) is 5.73 Å². The van der Waals surface area contributed by atoms with Crippen LogP contribution in [0.2, 0.25) is 0 Å². The van der Waals surface area contributed by atoms with Gasteiger partial charge < -0.3 is 5.73 Å². The number of fused-ring (bicyclic) bond motifs is 1. The van der Waals surface area contributed by atoms with Crippen LogP contribution in [0.5, 0.6) is 0 Å². The summed E-state index contributed by atoms with van der Waals surface area (Å²) in [6, 6.07) is 9.49. The average molecular weight is 319 g/mol. The molecular weight excluding hydrogens is 307 g/mol. The number of aryl methyl sites for hydroxylation is 1. The molecule has 118 valence electrons. The van der Waals surface area contributed by atoms with E-state index in [9.17, 15) is 18.0 Å². The lowest BCUT2D eigenvalue weighted by atomic mass is 10.1. The normalized spacial score (nSPS) is 11.8.